The number of unbranched alkanes of at least 4 members (excludes halogenated alkanes) is 4. The topological polar surface area (TPSA) is 146 Å². The lowest BCUT2D eigenvalue weighted by molar-refractivity contribution is -0.0248. The van der Waals surface area contributed by atoms with Crippen molar-refractivity contribution >= 4 is 14.1 Å². The molecule has 1 aliphatic rings. The Balaban J connectivity index is 0.000000470. The van der Waals surface area contributed by atoms with Gasteiger partial charge in [0.05, 0.1) is 25.3 Å². The van der Waals surface area contributed by atoms with Gasteiger partial charge in [0, 0.05) is 18.2 Å². The van der Waals surface area contributed by atoms with E-state index in [9.17, 15) is 25.4 Å². The van der Waals surface area contributed by atoms with E-state index in [1.165, 1.54) is 56.5 Å². The lowest BCUT2D eigenvalue weighted by atomic mass is 9.80. The van der Waals surface area contributed by atoms with Crippen molar-refractivity contribution in [1.82, 2.24) is 10.0 Å². The average Bonchev–Trinajstić information content (AvgIpc) is 3.42. The Morgan fingerprint density at radius 3 is 1.71 bits per heavy atom. The first-order valence-electron chi connectivity index (χ1n) is 17.6. The number of benzene rings is 2. The van der Waals surface area contributed by atoms with E-state index in [4.69, 9.17) is 9.84 Å². The van der Waals surface area contributed by atoms with Crippen molar-refractivity contribution in [3.05, 3.63) is 70.8 Å². The molecule has 2 aromatic carbocycles. The van der Waals surface area contributed by atoms with Crippen molar-refractivity contribution in [1.29, 1.82) is 0 Å². The number of aliphatic hydroxyl groups excluding tert-OH is 4. The largest absolute Gasteiger partial charge is 0.437 e. The summed E-state index contributed by atoms with van der Waals surface area (Å²) >= 11 is 0. The Bertz CT molecular complexity index is 1290. The van der Waals surface area contributed by atoms with Gasteiger partial charge in [0.25, 0.3) is 0 Å². The van der Waals surface area contributed by atoms with Gasteiger partial charge in [0.1, 0.15) is 17.9 Å². The molecule has 3 rings (SSSR count). The summed E-state index contributed by atoms with van der Waals surface area (Å²) in [5.41, 5.74) is 3.73. The van der Waals surface area contributed by atoms with Gasteiger partial charge in [0.15, 0.2) is 0 Å². The Kier molecular flexibility index (Phi) is 22.2. The van der Waals surface area contributed by atoms with Crippen LogP contribution in [0.3, 0.4) is 0 Å². The summed E-state index contributed by atoms with van der Waals surface area (Å²) in [6.45, 7) is 11.4. The molecule has 7 N–H and O–H groups in total. The maximum Gasteiger partial charge on any atom is 0.379 e. The number of ether oxygens (including phenoxy) is 1. The highest BCUT2D eigenvalue weighted by molar-refractivity contribution is 6.46. The molecule has 0 saturated carbocycles. The molecule has 9 nitrogen and oxygen atoms in total. The maximum absolute atomic E-state index is 10.5. The van der Waals surface area contributed by atoms with Crippen LogP contribution in [0.25, 0.3) is 0 Å². The Morgan fingerprint density at radius 2 is 1.31 bits per heavy atom. The molecule has 1 fully saturated rings. The van der Waals surface area contributed by atoms with Crippen LogP contribution in [0.2, 0.25) is 13.6 Å². The number of nitrogens with one attached hydrogen (secondary N) is 1. The molecule has 0 amide bonds. The molecule has 0 radical (unpaired) electrons. The molecular weight excluding hydrogens is 618 g/mol. The highest BCUT2D eigenvalue weighted by Crippen LogP contribution is 2.29. The highest BCUT2D eigenvalue weighted by Gasteiger charge is 2.46. The molecule has 2 aromatic rings. The van der Waals surface area contributed by atoms with Gasteiger partial charge in [-0.3, -0.25) is 4.81 Å². The smallest absolute Gasteiger partial charge is 0.379 e. The fraction of sp³-hybridized carbons (Fsp3) is 0.579. The van der Waals surface area contributed by atoms with Crippen molar-refractivity contribution in [3.8, 4) is 23.7 Å². The maximum atomic E-state index is 10.5. The third-order valence-electron chi connectivity index (χ3n) is 8.16. The summed E-state index contributed by atoms with van der Waals surface area (Å²) in [6, 6.07) is 15.2. The molecule has 1 heterocycles. The van der Waals surface area contributed by atoms with Gasteiger partial charge in [-0.15, -0.1) is 0 Å². The Morgan fingerprint density at radius 1 is 0.837 bits per heavy atom. The predicted octanol–water partition coefficient (Wildman–Crippen LogP) is 3.48. The van der Waals surface area contributed by atoms with E-state index in [1.54, 1.807) is 11.6 Å². The fourth-order valence-corrected chi connectivity index (χ4v) is 5.55. The molecule has 11 heteroatoms. The molecule has 0 spiro atoms. The third kappa shape index (κ3) is 16.7. The van der Waals surface area contributed by atoms with Gasteiger partial charge >= 0.3 is 14.1 Å². The monoisotopic (exact) mass is 678 g/mol. The average molecular weight is 679 g/mol. The van der Waals surface area contributed by atoms with E-state index in [-0.39, 0.29) is 12.6 Å². The summed E-state index contributed by atoms with van der Waals surface area (Å²) in [5.74, 6) is 11.5. The Labute approximate surface area is 296 Å². The molecule has 4 atom stereocenters. The minimum absolute atomic E-state index is 0.295. The highest BCUT2D eigenvalue weighted by atomic mass is 16.5. The van der Waals surface area contributed by atoms with E-state index in [2.05, 4.69) is 67.0 Å². The predicted molar refractivity (Wildman–Crippen MR) is 201 cm³/mol. The van der Waals surface area contributed by atoms with Crippen LogP contribution in [-0.2, 0) is 17.6 Å². The zero-order chi connectivity index (χ0) is 36.8. The molecule has 49 heavy (non-hydrogen) atoms. The van der Waals surface area contributed by atoms with E-state index in [0.29, 0.717) is 6.61 Å². The summed E-state index contributed by atoms with van der Waals surface area (Å²) in [7, 11) is -0.516. The number of hydrogen-bond acceptors (Lipinski definition) is 9. The van der Waals surface area contributed by atoms with Crippen LogP contribution in [-0.4, -0.2) is 99.7 Å². The first-order chi connectivity index (χ1) is 23.4. The summed E-state index contributed by atoms with van der Waals surface area (Å²) in [5, 5.41) is 58.4. The van der Waals surface area contributed by atoms with Crippen molar-refractivity contribution in [2.75, 3.05) is 20.3 Å². The van der Waals surface area contributed by atoms with Gasteiger partial charge in [-0.25, -0.2) is 0 Å². The van der Waals surface area contributed by atoms with E-state index < -0.39 is 38.1 Å². The van der Waals surface area contributed by atoms with Crippen molar-refractivity contribution < 1.29 is 35.2 Å². The molecule has 0 aliphatic carbocycles. The standard InChI is InChI=1S/C20H30BNO3.C17H26BNO3.CH4O/c1-5-6-7-8-16-9-11-17(12-10-16)13-14-19(23)18-15-25-20(2,3)22(18)21(4)24;1-3-4-5-6-14-7-9-15(10-8-14)11-12-17(21)16(13-20)19-18(2)22;1-2/h9-12,18-19,23-24H,5-8,15H2,1-4H3;7-10,16-17,19-22H,3-6,13H2,1-2H3;2H,1H3/t18-,19+;16-,17+;/m11./s1. The van der Waals surface area contributed by atoms with Gasteiger partial charge in [0.2, 0.25) is 0 Å². The van der Waals surface area contributed by atoms with Crippen molar-refractivity contribution in [3.63, 3.8) is 0 Å². The number of hydrogen-bond donors (Lipinski definition) is 7. The summed E-state index contributed by atoms with van der Waals surface area (Å²) in [4.78, 5) is 1.77. The second-order valence-corrected chi connectivity index (χ2v) is 12.7. The van der Waals surface area contributed by atoms with Gasteiger partial charge in [-0.05, 0) is 88.6 Å². The zero-order valence-electron chi connectivity index (χ0n) is 30.7. The molecule has 0 unspecified atom stereocenters. The van der Waals surface area contributed by atoms with Crippen LogP contribution in [0, 0.1) is 23.7 Å². The molecule has 0 bridgehead atoms. The second kappa shape index (κ2) is 24.5. The lowest BCUT2D eigenvalue weighted by Gasteiger charge is -2.35. The molecule has 270 valence electrons. The molecule has 1 aliphatic heterocycles. The van der Waals surface area contributed by atoms with Crippen molar-refractivity contribution in [2.45, 2.75) is 123 Å². The fourth-order valence-electron chi connectivity index (χ4n) is 5.55. The number of aryl methyl sites for hydroxylation is 2. The normalized spacial score (nSPS) is 16.6. The first kappa shape index (κ1) is 44.4. The molecule has 0 aromatic heterocycles. The lowest BCUT2D eigenvalue weighted by Crippen LogP contribution is -2.55. The van der Waals surface area contributed by atoms with Gasteiger partial charge < -0.3 is 40.4 Å². The SMILES string of the molecule is CCCCCc1ccc(C#C[C@H](O)[C@@H](CO)NB(C)O)cc1.CCCCCc1ccc(C#C[C@H](O)[C@H]2COC(C)(C)N2B(C)O)cc1.CO. The number of rotatable bonds is 14. The van der Waals surface area contributed by atoms with Gasteiger partial charge in [-0.2, -0.15) is 0 Å². The minimum Gasteiger partial charge on any atom is -0.437 e. The van der Waals surface area contributed by atoms with Crippen LogP contribution in [0.5, 0.6) is 0 Å². The minimum atomic E-state index is -1.04. The van der Waals surface area contributed by atoms with Crippen LogP contribution in [0.1, 0.15) is 88.5 Å². The van der Waals surface area contributed by atoms with Crippen LogP contribution in [0.4, 0.5) is 0 Å². The van der Waals surface area contributed by atoms with Crippen LogP contribution < -0.4 is 5.23 Å². The number of nitrogens with zero attached hydrogens (tertiary/aromatic N) is 1. The van der Waals surface area contributed by atoms with E-state index >= 15 is 0 Å². The summed E-state index contributed by atoms with van der Waals surface area (Å²) in [6.07, 6.45) is 7.62. The first-order valence-corrected chi connectivity index (χ1v) is 17.6. The zero-order valence-corrected chi connectivity index (χ0v) is 30.7. The summed E-state index contributed by atoms with van der Waals surface area (Å²) < 4.78 is 5.70. The third-order valence-corrected chi connectivity index (χ3v) is 8.16. The number of aliphatic hydroxyl groups is 4. The quantitative estimate of drug-likeness (QED) is 0.0908. The van der Waals surface area contributed by atoms with Crippen LogP contribution in [0.15, 0.2) is 48.5 Å². The van der Waals surface area contributed by atoms with E-state index in [1.807, 2.05) is 38.1 Å². The second-order valence-electron chi connectivity index (χ2n) is 12.7. The van der Waals surface area contributed by atoms with E-state index in [0.717, 1.165) is 31.1 Å². The Hall–Kier alpha value is -2.67. The molecular formula is C38H60B2N2O7. The molecule has 1 saturated heterocycles. The van der Waals surface area contributed by atoms with Crippen molar-refractivity contribution in [2.24, 2.45) is 0 Å². The van der Waals surface area contributed by atoms with Crippen LogP contribution >= 0.6 is 0 Å². The van der Waals surface area contributed by atoms with Gasteiger partial charge in [-0.1, -0.05) is 87.5 Å².